The van der Waals surface area contributed by atoms with Crippen molar-refractivity contribution in [3.63, 3.8) is 0 Å². The molecule has 32 heavy (non-hydrogen) atoms. The molecule has 0 aliphatic heterocycles. The summed E-state index contributed by atoms with van der Waals surface area (Å²) in [7, 11) is 0. The minimum Gasteiger partial charge on any atom is -0.481 e. The molecule has 3 amide bonds. The van der Waals surface area contributed by atoms with Crippen molar-refractivity contribution >= 4 is 29.7 Å². The standard InChI is InChI=1S/C19H30N6O7/c1-4-9(2)15(25-16(28)12(20)5-11-7-21-8-22-11)18(30)24-13(6-14(26)27)17(29)23-10(3)19(31)32/h7-10,12-13,15H,4-6,20H2,1-3H3,(H,21,22)(H,23,29)(H,24,30)(H,25,28)(H,26,27)(H,31,32). The molecule has 8 N–H and O–H groups in total. The molecule has 0 aliphatic carbocycles. The third-order valence-electron chi connectivity index (χ3n) is 4.87. The van der Waals surface area contributed by atoms with Crippen molar-refractivity contribution in [2.75, 3.05) is 0 Å². The molecule has 0 aromatic carbocycles. The number of nitrogens with one attached hydrogen (secondary N) is 4. The maximum absolute atomic E-state index is 12.9. The quantitative estimate of drug-likeness (QED) is 0.181. The van der Waals surface area contributed by atoms with Crippen LogP contribution >= 0.6 is 0 Å². The number of H-pyrrole nitrogens is 1. The normalized spacial score (nSPS) is 15.5. The first-order valence-electron chi connectivity index (χ1n) is 10.0. The number of hydrogen-bond acceptors (Lipinski definition) is 7. The molecule has 0 spiro atoms. The molecule has 0 bridgehead atoms. The predicted octanol–water partition coefficient (Wildman–Crippen LogP) is -1.64. The molecule has 5 atom stereocenters. The zero-order valence-corrected chi connectivity index (χ0v) is 18.1. The Labute approximate surface area is 184 Å². The highest BCUT2D eigenvalue weighted by Gasteiger charge is 2.32. The van der Waals surface area contributed by atoms with Gasteiger partial charge in [-0.05, 0) is 12.8 Å². The fraction of sp³-hybridized carbons (Fsp3) is 0.579. The van der Waals surface area contributed by atoms with Gasteiger partial charge in [0, 0.05) is 18.3 Å². The van der Waals surface area contributed by atoms with E-state index in [0.29, 0.717) is 12.1 Å². The van der Waals surface area contributed by atoms with Crippen LogP contribution in [0.25, 0.3) is 0 Å². The molecule has 13 nitrogen and oxygen atoms in total. The Kier molecular flexibility index (Phi) is 10.3. The van der Waals surface area contributed by atoms with Gasteiger partial charge in [0.1, 0.15) is 18.1 Å². The van der Waals surface area contributed by atoms with Gasteiger partial charge in [0.25, 0.3) is 0 Å². The van der Waals surface area contributed by atoms with Gasteiger partial charge in [0.05, 0.1) is 18.8 Å². The van der Waals surface area contributed by atoms with Crippen LogP contribution in [-0.4, -0.2) is 74.0 Å². The molecule has 0 saturated carbocycles. The van der Waals surface area contributed by atoms with Crippen molar-refractivity contribution in [1.29, 1.82) is 0 Å². The first-order chi connectivity index (χ1) is 15.0. The molecule has 1 heterocycles. The van der Waals surface area contributed by atoms with Gasteiger partial charge < -0.3 is 36.9 Å². The Morgan fingerprint density at radius 3 is 2.22 bits per heavy atom. The van der Waals surface area contributed by atoms with Gasteiger partial charge in [-0.15, -0.1) is 0 Å². The lowest BCUT2D eigenvalue weighted by Gasteiger charge is -2.27. The molecule has 178 valence electrons. The Morgan fingerprint density at radius 1 is 1.06 bits per heavy atom. The van der Waals surface area contributed by atoms with E-state index in [1.165, 1.54) is 19.4 Å². The highest BCUT2D eigenvalue weighted by atomic mass is 16.4. The smallest absolute Gasteiger partial charge is 0.325 e. The number of rotatable bonds is 13. The van der Waals surface area contributed by atoms with Crippen molar-refractivity contribution in [1.82, 2.24) is 25.9 Å². The average Bonchev–Trinajstić information content (AvgIpc) is 3.22. The second-order valence-corrected chi connectivity index (χ2v) is 7.49. The predicted molar refractivity (Wildman–Crippen MR) is 111 cm³/mol. The van der Waals surface area contributed by atoms with Crippen LogP contribution in [0.3, 0.4) is 0 Å². The van der Waals surface area contributed by atoms with Crippen LogP contribution in [0.2, 0.25) is 0 Å². The summed E-state index contributed by atoms with van der Waals surface area (Å²) in [6, 6.07) is -4.91. The van der Waals surface area contributed by atoms with E-state index in [2.05, 4.69) is 25.9 Å². The lowest BCUT2D eigenvalue weighted by molar-refractivity contribution is -0.143. The van der Waals surface area contributed by atoms with Crippen molar-refractivity contribution in [2.24, 2.45) is 11.7 Å². The number of carboxylic acid groups (broad SMARTS) is 2. The molecular weight excluding hydrogens is 424 g/mol. The molecule has 5 unspecified atom stereocenters. The Morgan fingerprint density at radius 2 is 1.72 bits per heavy atom. The van der Waals surface area contributed by atoms with Crippen molar-refractivity contribution in [3.8, 4) is 0 Å². The van der Waals surface area contributed by atoms with E-state index in [1.54, 1.807) is 13.8 Å². The van der Waals surface area contributed by atoms with E-state index in [-0.39, 0.29) is 12.3 Å². The van der Waals surface area contributed by atoms with E-state index in [9.17, 15) is 24.0 Å². The van der Waals surface area contributed by atoms with Gasteiger partial charge in [-0.2, -0.15) is 0 Å². The number of aromatic amines is 1. The second-order valence-electron chi connectivity index (χ2n) is 7.49. The van der Waals surface area contributed by atoms with Gasteiger partial charge in [0.15, 0.2) is 0 Å². The number of hydrogen-bond donors (Lipinski definition) is 7. The van der Waals surface area contributed by atoms with E-state index in [0.717, 1.165) is 0 Å². The summed E-state index contributed by atoms with van der Waals surface area (Å²) in [5, 5.41) is 25.0. The van der Waals surface area contributed by atoms with Crippen LogP contribution in [0, 0.1) is 5.92 Å². The largest absolute Gasteiger partial charge is 0.481 e. The van der Waals surface area contributed by atoms with Gasteiger partial charge in [-0.3, -0.25) is 24.0 Å². The van der Waals surface area contributed by atoms with Gasteiger partial charge in [-0.1, -0.05) is 20.3 Å². The van der Waals surface area contributed by atoms with E-state index >= 15 is 0 Å². The molecule has 1 rings (SSSR count). The summed E-state index contributed by atoms with van der Waals surface area (Å²) < 4.78 is 0. The maximum Gasteiger partial charge on any atom is 0.325 e. The average molecular weight is 454 g/mol. The van der Waals surface area contributed by atoms with Crippen LogP contribution in [0.15, 0.2) is 12.5 Å². The summed E-state index contributed by atoms with van der Waals surface area (Å²) in [5.74, 6) is -5.44. The maximum atomic E-state index is 12.9. The van der Waals surface area contributed by atoms with Crippen molar-refractivity contribution in [2.45, 2.75) is 64.2 Å². The van der Waals surface area contributed by atoms with Crippen LogP contribution in [0.5, 0.6) is 0 Å². The van der Waals surface area contributed by atoms with Gasteiger partial charge in [0.2, 0.25) is 17.7 Å². The highest BCUT2D eigenvalue weighted by Crippen LogP contribution is 2.10. The summed E-state index contributed by atoms with van der Waals surface area (Å²) >= 11 is 0. The van der Waals surface area contributed by atoms with E-state index in [1.807, 2.05) is 0 Å². The number of aliphatic carboxylic acids is 2. The fourth-order valence-electron chi connectivity index (χ4n) is 2.71. The number of carboxylic acids is 2. The summed E-state index contributed by atoms with van der Waals surface area (Å²) in [6.45, 7) is 4.68. The van der Waals surface area contributed by atoms with Gasteiger partial charge in [-0.25, -0.2) is 4.98 Å². The minimum absolute atomic E-state index is 0.151. The zero-order valence-electron chi connectivity index (χ0n) is 18.1. The molecule has 0 saturated heterocycles. The molecule has 0 aliphatic rings. The van der Waals surface area contributed by atoms with Crippen LogP contribution in [0.1, 0.15) is 39.3 Å². The summed E-state index contributed by atoms with van der Waals surface area (Å²) in [6.07, 6.45) is 2.82. The summed E-state index contributed by atoms with van der Waals surface area (Å²) in [5.41, 5.74) is 6.54. The SMILES string of the molecule is CCC(C)C(NC(=O)C(N)Cc1cnc[nH]1)C(=O)NC(CC(=O)O)C(=O)NC(C)C(=O)O. The number of amides is 3. The number of nitrogens with zero attached hydrogens (tertiary/aromatic N) is 1. The van der Waals surface area contributed by atoms with E-state index in [4.69, 9.17) is 15.9 Å². The number of imidazole rings is 1. The monoisotopic (exact) mass is 454 g/mol. The molecule has 13 heteroatoms. The summed E-state index contributed by atoms with van der Waals surface area (Å²) in [4.78, 5) is 66.5. The molecule has 1 aromatic rings. The number of carbonyl (C=O) groups is 5. The first kappa shape index (κ1) is 26.6. The van der Waals surface area contributed by atoms with Crippen molar-refractivity contribution < 1.29 is 34.2 Å². The van der Waals surface area contributed by atoms with Gasteiger partial charge >= 0.3 is 11.9 Å². The fourth-order valence-corrected chi connectivity index (χ4v) is 2.71. The highest BCUT2D eigenvalue weighted by molar-refractivity contribution is 5.95. The lowest BCUT2D eigenvalue weighted by Crippen LogP contribution is -2.59. The molecule has 1 aromatic heterocycles. The second kappa shape index (κ2) is 12.4. The minimum atomic E-state index is -1.54. The third kappa shape index (κ3) is 8.34. The third-order valence-corrected chi connectivity index (χ3v) is 4.87. The van der Waals surface area contributed by atoms with E-state index < -0.39 is 60.2 Å². The molecular formula is C19H30N6O7. The number of nitrogens with two attached hydrogens (primary N) is 1. The Balaban J connectivity index is 2.92. The Bertz CT molecular complexity index is 813. The molecule has 0 radical (unpaired) electrons. The molecule has 0 fully saturated rings. The number of aromatic nitrogens is 2. The Hall–Kier alpha value is -3.48. The number of carbonyl (C=O) groups excluding carboxylic acids is 3. The van der Waals surface area contributed by atoms with Crippen LogP contribution in [-0.2, 0) is 30.4 Å². The van der Waals surface area contributed by atoms with Crippen molar-refractivity contribution in [3.05, 3.63) is 18.2 Å². The lowest BCUT2D eigenvalue weighted by atomic mass is 9.97. The first-order valence-corrected chi connectivity index (χ1v) is 10.0. The zero-order chi connectivity index (χ0) is 24.4. The van der Waals surface area contributed by atoms with Crippen LogP contribution in [0.4, 0.5) is 0 Å². The topological polar surface area (TPSA) is 217 Å². The van der Waals surface area contributed by atoms with Crippen LogP contribution < -0.4 is 21.7 Å².